The van der Waals surface area contributed by atoms with Gasteiger partial charge in [-0.15, -0.1) is 0 Å². The Hall–Kier alpha value is -1.27. The third kappa shape index (κ3) is 4.35. The van der Waals surface area contributed by atoms with Crippen LogP contribution in [0.1, 0.15) is 44.9 Å². The third-order valence-electron chi connectivity index (χ3n) is 4.07. The zero-order chi connectivity index (χ0) is 15.3. The highest BCUT2D eigenvalue weighted by molar-refractivity contribution is 7.89. The summed E-state index contributed by atoms with van der Waals surface area (Å²) in [5, 5.41) is 3.44. The Bertz CT molecular complexity index is 564. The monoisotopic (exact) mass is 311 g/mol. The Morgan fingerprint density at radius 1 is 1.10 bits per heavy atom. The summed E-state index contributed by atoms with van der Waals surface area (Å²) < 4.78 is 26.1. The van der Waals surface area contributed by atoms with Crippen molar-refractivity contribution in [3.63, 3.8) is 0 Å². The Labute approximate surface area is 127 Å². The smallest absolute Gasteiger partial charge is 0.240 e. The second-order valence-electron chi connectivity index (χ2n) is 5.64. The van der Waals surface area contributed by atoms with E-state index in [2.05, 4.69) is 10.0 Å². The molecule has 21 heavy (non-hydrogen) atoms. The van der Waals surface area contributed by atoms with Crippen molar-refractivity contribution in [1.29, 1.82) is 0 Å². The topological polar surface area (TPSA) is 84.2 Å². The number of anilines is 2. The lowest BCUT2D eigenvalue weighted by Gasteiger charge is -2.23. The molecule has 1 aromatic rings. The van der Waals surface area contributed by atoms with Crippen LogP contribution in [0.5, 0.6) is 0 Å². The van der Waals surface area contributed by atoms with Gasteiger partial charge in [-0.25, -0.2) is 13.1 Å². The molecule has 0 radical (unpaired) electrons. The maximum absolute atomic E-state index is 11.9. The quantitative estimate of drug-likeness (QED) is 0.746. The number of hydrogen-bond acceptors (Lipinski definition) is 4. The van der Waals surface area contributed by atoms with Gasteiger partial charge in [0.25, 0.3) is 0 Å². The summed E-state index contributed by atoms with van der Waals surface area (Å²) in [6.45, 7) is 0. The van der Waals surface area contributed by atoms with Crippen LogP contribution >= 0.6 is 0 Å². The normalized spacial score (nSPS) is 18.0. The van der Waals surface area contributed by atoms with Gasteiger partial charge in [0, 0.05) is 6.04 Å². The first-order chi connectivity index (χ1) is 10.0. The molecule has 1 aliphatic carbocycles. The van der Waals surface area contributed by atoms with Crippen LogP contribution in [0.2, 0.25) is 0 Å². The molecular weight excluding hydrogens is 286 g/mol. The van der Waals surface area contributed by atoms with E-state index in [4.69, 9.17) is 5.73 Å². The fraction of sp³-hybridized carbons (Fsp3) is 0.600. The predicted octanol–water partition coefficient (Wildman–Crippen LogP) is 2.70. The van der Waals surface area contributed by atoms with Crippen LogP contribution in [-0.4, -0.2) is 21.5 Å². The number of nitrogens with one attached hydrogen (secondary N) is 2. The number of hydrogen-bond donors (Lipinski definition) is 3. The predicted molar refractivity (Wildman–Crippen MR) is 86.8 cm³/mol. The minimum absolute atomic E-state index is 0.243. The van der Waals surface area contributed by atoms with Gasteiger partial charge in [-0.3, -0.25) is 0 Å². The molecule has 1 aromatic carbocycles. The Balaban J connectivity index is 2.16. The molecule has 4 N–H and O–H groups in total. The molecule has 0 aliphatic heterocycles. The molecule has 1 aliphatic rings. The van der Waals surface area contributed by atoms with Crippen LogP contribution in [0.15, 0.2) is 23.1 Å². The lowest BCUT2D eigenvalue weighted by Crippen LogP contribution is -2.22. The molecule has 0 aromatic heterocycles. The van der Waals surface area contributed by atoms with Gasteiger partial charge in [0.05, 0.1) is 16.3 Å². The minimum atomic E-state index is -3.44. The van der Waals surface area contributed by atoms with Crippen LogP contribution in [0.3, 0.4) is 0 Å². The molecule has 5 nitrogen and oxygen atoms in total. The largest absolute Gasteiger partial charge is 0.397 e. The molecule has 0 amide bonds. The standard InChI is InChI=1S/C15H25N3O2S/c1-17-21(19,20)13-9-10-14(16)15(11-13)18-12-7-5-3-2-4-6-8-12/h9-12,17-18H,2-8,16H2,1H3. The molecule has 0 bridgehead atoms. The summed E-state index contributed by atoms with van der Waals surface area (Å²) in [5.74, 6) is 0. The zero-order valence-corrected chi connectivity index (χ0v) is 13.4. The molecule has 2 rings (SSSR count). The summed E-state index contributed by atoms with van der Waals surface area (Å²) in [7, 11) is -2.03. The van der Waals surface area contributed by atoms with Gasteiger partial charge in [0.1, 0.15) is 0 Å². The average molecular weight is 311 g/mol. The van der Waals surface area contributed by atoms with Crippen molar-refractivity contribution in [3.8, 4) is 0 Å². The van der Waals surface area contributed by atoms with Crippen molar-refractivity contribution < 1.29 is 8.42 Å². The molecule has 0 atom stereocenters. The van der Waals surface area contributed by atoms with E-state index in [0.717, 1.165) is 18.5 Å². The van der Waals surface area contributed by atoms with Crippen molar-refractivity contribution in [3.05, 3.63) is 18.2 Å². The molecule has 118 valence electrons. The molecule has 1 fully saturated rings. The van der Waals surface area contributed by atoms with Crippen LogP contribution in [0, 0.1) is 0 Å². The van der Waals surface area contributed by atoms with Gasteiger partial charge in [0.15, 0.2) is 0 Å². The molecule has 0 heterocycles. The fourth-order valence-corrected chi connectivity index (χ4v) is 3.52. The van der Waals surface area contributed by atoms with Crippen LogP contribution in [0.4, 0.5) is 11.4 Å². The Morgan fingerprint density at radius 2 is 1.71 bits per heavy atom. The van der Waals surface area contributed by atoms with Gasteiger partial charge in [-0.05, 0) is 38.1 Å². The minimum Gasteiger partial charge on any atom is -0.397 e. The summed E-state index contributed by atoms with van der Waals surface area (Å²) in [6, 6.07) is 5.18. The second-order valence-corrected chi connectivity index (χ2v) is 7.53. The van der Waals surface area contributed by atoms with E-state index in [1.165, 1.54) is 45.2 Å². The maximum Gasteiger partial charge on any atom is 0.240 e. The summed E-state index contributed by atoms with van der Waals surface area (Å²) >= 11 is 0. The average Bonchev–Trinajstić information content (AvgIpc) is 2.43. The molecule has 6 heteroatoms. The van der Waals surface area contributed by atoms with E-state index in [9.17, 15) is 8.42 Å². The number of nitrogen functional groups attached to an aromatic ring is 1. The van der Waals surface area contributed by atoms with Crippen molar-refractivity contribution in [2.24, 2.45) is 0 Å². The van der Waals surface area contributed by atoms with Crippen molar-refractivity contribution >= 4 is 21.4 Å². The van der Waals surface area contributed by atoms with Crippen molar-refractivity contribution in [1.82, 2.24) is 4.72 Å². The number of rotatable bonds is 4. The highest BCUT2D eigenvalue weighted by atomic mass is 32.2. The molecular formula is C15H25N3O2S. The van der Waals surface area contributed by atoms with Gasteiger partial charge in [0.2, 0.25) is 10.0 Å². The first-order valence-electron chi connectivity index (χ1n) is 7.62. The lowest BCUT2D eigenvalue weighted by molar-refractivity contribution is 0.471. The maximum atomic E-state index is 11.9. The van der Waals surface area contributed by atoms with Crippen LogP contribution in [0.25, 0.3) is 0 Å². The highest BCUT2D eigenvalue weighted by Gasteiger charge is 2.16. The SMILES string of the molecule is CNS(=O)(=O)c1ccc(N)c(NC2CCCCCCC2)c1. The molecule has 0 spiro atoms. The number of sulfonamides is 1. The van der Waals surface area contributed by atoms with Gasteiger partial charge >= 0.3 is 0 Å². The summed E-state index contributed by atoms with van der Waals surface area (Å²) in [6.07, 6.45) is 8.54. The van der Waals surface area contributed by atoms with E-state index in [1.54, 1.807) is 12.1 Å². The first kappa shape index (κ1) is 16.1. The van der Waals surface area contributed by atoms with Crippen LogP contribution in [-0.2, 0) is 10.0 Å². The zero-order valence-electron chi connectivity index (χ0n) is 12.6. The molecule has 0 saturated heterocycles. The van der Waals surface area contributed by atoms with E-state index in [0.29, 0.717) is 11.7 Å². The van der Waals surface area contributed by atoms with Crippen molar-refractivity contribution in [2.75, 3.05) is 18.1 Å². The van der Waals surface area contributed by atoms with Gasteiger partial charge < -0.3 is 11.1 Å². The van der Waals surface area contributed by atoms with Crippen molar-refractivity contribution in [2.45, 2.75) is 55.9 Å². The third-order valence-corrected chi connectivity index (χ3v) is 5.48. The summed E-state index contributed by atoms with van der Waals surface area (Å²) in [4.78, 5) is 0.243. The summed E-state index contributed by atoms with van der Waals surface area (Å²) in [5.41, 5.74) is 7.29. The number of nitrogens with two attached hydrogens (primary N) is 1. The van der Waals surface area contributed by atoms with E-state index < -0.39 is 10.0 Å². The van der Waals surface area contributed by atoms with Gasteiger partial charge in [-0.2, -0.15) is 0 Å². The van der Waals surface area contributed by atoms with E-state index in [1.807, 2.05) is 0 Å². The Morgan fingerprint density at radius 3 is 2.33 bits per heavy atom. The molecule has 0 unspecified atom stereocenters. The number of benzene rings is 1. The molecule has 1 saturated carbocycles. The van der Waals surface area contributed by atoms with E-state index >= 15 is 0 Å². The lowest BCUT2D eigenvalue weighted by atomic mass is 9.96. The van der Waals surface area contributed by atoms with E-state index in [-0.39, 0.29) is 4.90 Å². The highest BCUT2D eigenvalue weighted by Crippen LogP contribution is 2.26. The Kier molecular flexibility index (Phi) is 5.47. The first-order valence-corrected chi connectivity index (χ1v) is 9.11. The van der Waals surface area contributed by atoms with Gasteiger partial charge in [-0.1, -0.05) is 32.1 Å². The second kappa shape index (κ2) is 7.13. The fourth-order valence-electron chi connectivity index (χ4n) is 2.77. The van der Waals surface area contributed by atoms with Crippen LogP contribution < -0.4 is 15.8 Å².